The third-order valence-corrected chi connectivity index (χ3v) is 6.17. The summed E-state index contributed by atoms with van der Waals surface area (Å²) in [4.78, 5) is 4.96. The van der Waals surface area contributed by atoms with E-state index in [0.29, 0.717) is 11.6 Å². The SMILES string of the molecule is CCCCc1nc(-c2ccc(OCC(O)CNCC)cc2)cn1-c1ccc(Oc2ccc(Cl)cc2)cc1.Cl.Cl. The number of likely N-dealkylation sites (N-methyl/N-ethyl adjacent to an activating group) is 1. The van der Waals surface area contributed by atoms with Crippen LogP contribution >= 0.6 is 36.4 Å². The number of hydrogen-bond donors (Lipinski definition) is 2. The molecule has 0 aliphatic rings. The fourth-order valence-corrected chi connectivity index (χ4v) is 4.02. The predicted octanol–water partition coefficient (Wildman–Crippen LogP) is 7.52. The molecule has 0 radical (unpaired) electrons. The van der Waals surface area contributed by atoms with Crippen LogP contribution in [0.1, 0.15) is 32.5 Å². The van der Waals surface area contributed by atoms with Gasteiger partial charge in [0, 0.05) is 35.4 Å². The first kappa shape index (κ1) is 32.5. The van der Waals surface area contributed by atoms with Gasteiger partial charge in [0.25, 0.3) is 0 Å². The second-order valence-electron chi connectivity index (χ2n) is 8.86. The second kappa shape index (κ2) is 16.4. The molecule has 0 aliphatic heterocycles. The van der Waals surface area contributed by atoms with Crippen molar-refractivity contribution in [2.24, 2.45) is 0 Å². The molecule has 3 aromatic carbocycles. The van der Waals surface area contributed by atoms with Crippen LogP contribution in [0.3, 0.4) is 0 Å². The number of nitrogens with zero attached hydrogens (tertiary/aromatic N) is 2. The van der Waals surface area contributed by atoms with E-state index >= 15 is 0 Å². The summed E-state index contributed by atoms with van der Waals surface area (Å²) in [6.45, 7) is 5.78. The monoisotopic (exact) mass is 591 g/mol. The average Bonchev–Trinajstić information content (AvgIpc) is 3.35. The van der Waals surface area contributed by atoms with Crippen LogP contribution in [-0.2, 0) is 6.42 Å². The Morgan fingerprint density at radius 2 is 1.51 bits per heavy atom. The molecule has 1 unspecified atom stereocenters. The van der Waals surface area contributed by atoms with Gasteiger partial charge in [0.1, 0.15) is 35.8 Å². The predicted molar refractivity (Wildman–Crippen MR) is 164 cm³/mol. The highest BCUT2D eigenvalue weighted by atomic mass is 35.5. The van der Waals surface area contributed by atoms with E-state index in [0.717, 1.165) is 65.8 Å². The number of hydrogen-bond acceptors (Lipinski definition) is 5. The van der Waals surface area contributed by atoms with E-state index in [4.69, 9.17) is 26.1 Å². The summed E-state index contributed by atoms with van der Waals surface area (Å²) in [6, 6.07) is 23.2. The van der Waals surface area contributed by atoms with Crippen LogP contribution in [-0.4, -0.2) is 40.5 Å². The molecule has 0 saturated heterocycles. The third kappa shape index (κ3) is 9.45. The molecule has 0 aliphatic carbocycles. The van der Waals surface area contributed by atoms with Crippen LogP contribution < -0.4 is 14.8 Å². The van der Waals surface area contributed by atoms with Crippen LogP contribution in [0.15, 0.2) is 79.0 Å². The van der Waals surface area contributed by atoms with E-state index in [1.165, 1.54) is 0 Å². The minimum Gasteiger partial charge on any atom is -0.491 e. The molecular formula is C30H36Cl3N3O3. The largest absolute Gasteiger partial charge is 0.491 e. The first-order chi connectivity index (χ1) is 18.1. The Labute approximate surface area is 248 Å². The zero-order valence-corrected chi connectivity index (χ0v) is 24.6. The lowest BCUT2D eigenvalue weighted by atomic mass is 10.1. The number of unbranched alkanes of at least 4 members (excludes halogenated alkanes) is 1. The van der Waals surface area contributed by atoms with Gasteiger partial charge in [-0.1, -0.05) is 31.9 Å². The molecule has 4 rings (SSSR count). The maximum Gasteiger partial charge on any atom is 0.127 e. The van der Waals surface area contributed by atoms with Crippen molar-refractivity contribution in [1.29, 1.82) is 0 Å². The average molecular weight is 593 g/mol. The summed E-state index contributed by atoms with van der Waals surface area (Å²) in [5.41, 5.74) is 2.95. The van der Waals surface area contributed by atoms with Gasteiger partial charge >= 0.3 is 0 Å². The van der Waals surface area contributed by atoms with Crippen molar-refractivity contribution in [3.05, 3.63) is 89.8 Å². The van der Waals surface area contributed by atoms with Gasteiger partial charge in [0.2, 0.25) is 0 Å². The normalized spacial score (nSPS) is 11.3. The van der Waals surface area contributed by atoms with E-state index in [2.05, 4.69) is 23.0 Å². The summed E-state index contributed by atoms with van der Waals surface area (Å²) < 4.78 is 13.8. The first-order valence-electron chi connectivity index (χ1n) is 12.8. The zero-order chi connectivity index (χ0) is 26.0. The number of ether oxygens (including phenoxy) is 2. The van der Waals surface area contributed by atoms with Crippen molar-refractivity contribution < 1.29 is 14.6 Å². The summed E-state index contributed by atoms with van der Waals surface area (Å²) in [7, 11) is 0. The molecule has 2 N–H and O–H groups in total. The van der Waals surface area contributed by atoms with Gasteiger partial charge in [-0.25, -0.2) is 4.98 Å². The van der Waals surface area contributed by atoms with Gasteiger partial charge in [-0.05, 0) is 85.8 Å². The summed E-state index contributed by atoms with van der Waals surface area (Å²) in [6.07, 6.45) is 4.60. The molecule has 4 aromatic rings. The van der Waals surface area contributed by atoms with Gasteiger partial charge < -0.3 is 24.5 Å². The minimum absolute atomic E-state index is 0. The first-order valence-corrected chi connectivity index (χ1v) is 13.2. The van der Waals surface area contributed by atoms with E-state index in [1.54, 1.807) is 0 Å². The molecule has 0 fully saturated rings. The topological polar surface area (TPSA) is 68.5 Å². The number of benzene rings is 3. The highest BCUT2D eigenvalue weighted by molar-refractivity contribution is 6.30. The Morgan fingerprint density at radius 1 is 0.897 bits per heavy atom. The van der Waals surface area contributed by atoms with Crippen LogP contribution in [0.5, 0.6) is 17.2 Å². The number of nitrogens with one attached hydrogen (secondary N) is 1. The molecular weight excluding hydrogens is 557 g/mol. The quantitative estimate of drug-likeness (QED) is 0.168. The summed E-state index contributed by atoms with van der Waals surface area (Å²) in [5, 5.41) is 13.8. The number of rotatable bonds is 13. The molecule has 9 heteroatoms. The van der Waals surface area contributed by atoms with E-state index in [9.17, 15) is 5.11 Å². The summed E-state index contributed by atoms with van der Waals surface area (Å²) >= 11 is 5.97. The minimum atomic E-state index is -0.542. The molecule has 1 heterocycles. The highest BCUT2D eigenvalue weighted by Crippen LogP contribution is 2.27. The van der Waals surface area contributed by atoms with Crippen LogP contribution in [0.25, 0.3) is 16.9 Å². The standard InChI is InChI=1S/C30H34ClN3O3.2ClH/c1-3-5-6-30-33-29(22-7-13-26(14-8-22)36-21-25(35)19-32-4-2)20-34(30)24-11-17-28(18-12-24)37-27-15-9-23(31)10-16-27;;/h7-18,20,25,32,35H,3-6,19,21H2,1-2H3;2*1H. The van der Waals surface area contributed by atoms with Gasteiger partial charge in [-0.3, -0.25) is 0 Å². The maximum atomic E-state index is 9.97. The molecule has 0 saturated carbocycles. The van der Waals surface area contributed by atoms with Crippen LogP contribution in [0, 0.1) is 0 Å². The Morgan fingerprint density at radius 3 is 2.13 bits per heavy atom. The van der Waals surface area contributed by atoms with Crippen molar-refractivity contribution in [2.45, 2.75) is 39.2 Å². The number of aliphatic hydroxyl groups is 1. The number of imidazole rings is 1. The third-order valence-electron chi connectivity index (χ3n) is 5.92. The van der Waals surface area contributed by atoms with Gasteiger partial charge in [-0.2, -0.15) is 0 Å². The van der Waals surface area contributed by atoms with E-state index in [-0.39, 0.29) is 31.4 Å². The van der Waals surface area contributed by atoms with Crippen LogP contribution in [0.2, 0.25) is 5.02 Å². The summed E-state index contributed by atoms with van der Waals surface area (Å²) in [5.74, 6) is 3.24. The van der Waals surface area contributed by atoms with Gasteiger partial charge in [0.05, 0.1) is 5.69 Å². The van der Waals surface area contributed by atoms with E-state index < -0.39 is 6.10 Å². The Kier molecular flexibility index (Phi) is 13.6. The molecule has 6 nitrogen and oxygen atoms in total. The van der Waals surface area contributed by atoms with Gasteiger partial charge in [0.15, 0.2) is 0 Å². The molecule has 0 bridgehead atoms. The number of halogens is 3. The lowest BCUT2D eigenvalue weighted by molar-refractivity contribution is 0.107. The van der Waals surface area contributed by atoms with Crippen LogP contribution in [0.4, 0.5) is 0 Å². The van der Waals surface area contributed by atoms with Crippen molar-refractivity contribution in [3.8, 4) is 34.2 Å². The molecule has 39 heavy (non-hydrogen) atoms. The fourth-order valence-electron chi connectivity index (χ4n) is 3.89. The highest BCUT2D eigenvalue weighted by Gasteiger charge is 2.12. The molecule has 1 atom stereocenters. The maximum absolute atomic E-state index is 9.97. The lowest BCUT2D eigenvalue weighted by Gasteiger charge is -2.12. The van der Waals surface area contributed by atoms with Gasteiger partial charge in [-0.15, -0.1) is 24.8 Å². The Bertz CT molecular complexity index is 1250. The second-order valence-corrected chi connectivity index (χ2v) is 9.30. The fraction of sp³-hybridized carbons (Fsp3) is 0.300. The van der Waals surface area contributed by atoms with Crippen molar-refractivity contribution in [3.63, 3.8) is 0 Å². The Balaban J connectivity index is 0.00000267. The number of aryl methyl sites for hydroxylation is 1. The van der Waals surface area contributed by atoms with Crippen molar-refractivity contribution in [2.75, 3.05) is 19.7 Å². The molecule has 1 aromatic heterocycles. The van der Waals surface area contributed by atoms with Crippen molar-refractivity contribution >= 4 is 36.4 Å². The smallest absolute Gasteiger partial charge is 0.127 e. The Hall–Kier alpha value is -2.74. The molecule has 0 spiro atoms. The zero-order valence-electron chi connectivity index (χ0n) is 22.2. The number of aromatic nitrogens is 2. The molecule has 210 valence electrons. The van der Waals surface area contributed by atoms with Crippen molar-refractivity contribution in [1.82, 2.24) is 14.9 Å². The lowest BCUT2D eigenvalue weighted by Crippen LogP contribution is -2.31. The van der Waals surface area contributed by atoms with E-state index in [1.807, 2.05) is 79.7 Å². The molecule has 0 amide bonds. The number of aliphatic hydroxyl groups excluding tert-OH is 1.